The van der Waals surface area contributed by atoms with Crippen LogP contribution in [0.3, 0.4) is 0 Å². The topological polar surface area (TPSA) is 92.5 Å². The number of anilines is 1. The maximum atomic E-state index is 13.0. The van der Waals surface area contributed by atoms with E-state index < -0.39 is 24.2 Å². The lowest BCUT2D eigenvalue weighted by Gasteiger charge is -2.19. The Morgan fingerprint density at radius 2 is 1.68 bits per heavy atom. The highest BCUT2D eigenvalue weighted by atomic mass is 35.5. The van der Waals surface area contributed by atoms with Gasteiger partial charge in [0, 0.05) is 12.2 Å². The van der Waals surface area contributed by atoms with Crippen LogP contribution in [0.2, 0.25) is 0 Å². The first kappa shape index (κ1) is 22.2. The molecule has 154 valence electrons. The third-order valence-electron chi connectivity index (χ3n) is 5.07. The lowest BCUT2D eigenvalue weighted by atomic mass is 9.81. The molecule has 1 saturated carbocycles. The normalized spacial score (nSPS) is 21.9. The van der Waals surface area contributed by atoms with Gasteiger partial charge >= 0.3 is 6.18 Å². The molecular weight excluding hydrogens is 399 g/mol. The summed E-state index contributed by atoms with van der Waals surface area (Å²) in [6.07, 6.45) is -1.60. The third kappa shape index (κ3) is 4.47. The monoisotopic (exact) mass is 419 g/mol. The van der Waals surface area contributed by atoms with Crippen LogP contribution in [0.25, 0.3) is 0 Å². The molecule has 3 N–H and O–H groups in total. The molecule has 6 nitrogen and oxygen atoms in total. The highest BCUT2D eigenvalue weighted by Crippen LogP contribution is 2.38. The molecule has 3 amide bonds. The van der Waals surface area contributed by atoms with E-state index in [-0.39, 0.29) is 53.9 Å². The number of nitrogens with two attached hydrogens (primary N) is 1. The number of nitrogens with zero attached hydrogens (tertiary/aromatic N) is 1. The maximum Gasteiger partial charge on any atom is 0.416 e. The zero-order valence-corrected chi connectivity index (χ0v) is 15.7. The van der Waals surface area contributed by atoms with Crippen LogP contribution in [0.5, 0.6) is 0 Å². The molecule has 0 aromatic heterocycles. The predicted octanol–water partition coefficient (Wildman–Crippen LogP) is 2.70. The molecule has 28 heavy (non-hydrogen) atoms. The second-order valence-electron chi connectivity index (χ2n) is 6.93. The maximum absolute atomic E-state index is 13.0. The van der Waals surface area contributed by atoms with Gasteiger partial charge in [-0.25, -0.2) is 0 Å². The van der Waals surface area contributed by atoms with E-state index in [2.05, 4.69) is 5.32 Å². The summed E-state index contributed by atoms with van der Waals surface area (Å²) in [5, 5.41) is 2.34. The van der Waals surface area contributed by atoms with Crippen molar-refractivity contribution in [3.05, 3.63) is 29.3 Å². The van der Waals surface area contributed by atoms with E-state index in [9.17, 15) is 27.6 Å². The minimum absolute atomic E-state index is 0. The number of hydrogen-bond acceptors (Lipinski definition) is 4. The second-order valence-corrected chi connectivity index (χ2v) is 6.93. The summed E-state index contributed by atoms with van der Waals surface area (Å²) in [6.45, 7) is -0.627. The van der Waals surface area contributed by atoms with Crippen LogP contribution in [0, 0.1) is 11.8 Å². The van der Waals surface area contributed by atoms with Gasteiger partial charge in [-0.15, -0.1) is 12.4 Å². The average Bonchev–Trinajstić information content (AvgIpc) is 2.86. The Balaban J connectivity index is 0.00000280. The standard InChI is InChI=1S/C18H20F3N3O3.ClH/c19-18(20,21)11-5-10(8-22)6-12(7-11)23-15(25)9-24-16(26)13-3-1-2-4-14(13)17(24)27;/h5-7,13-14H,1-4,8-9,22H2,(H,23,25);1H. The minimum atomic E-state index is -4.58. The van der Waals surface area contributed by atoms with Crippen molar-refractivity contribution in [2.24, 2.45) is 17.6 Å². The number of benzene rings is 1. The van der Waals surface area contributed by atoms with Crippen molar-refractivity contribution >= 4 is 35.8 Å². The van der Waals surface area contributed by atoms with Crippen molar-refractivity contribution in [2.45, 2.75) is 38.4 Å². The summed E-state index contributed by atoms with van der Waals surface area (Å²) in [5.74, 6) is -2.22. The number of likely N-dealkylation sites (tertiary alicyclic amines) is 1. The first-order valence-electron chi connectivity index (χ1n) is 8.77. The Morgan fingerprint density at radius 1 is 1.11 bits per heavy atom. The highest BCUT2D eigenvalue weighted by molar-refractivity contribution is 6.08. The molecule has 0 bridgehead atoms. The van der Waals surface area contributed by atoms with Gasteiger partial charge in [-0.1, -0.05) is 12.8 Å². The zero-order valence-electron chi connectivity index (χ0n) is 14.9. The average molecular weight is 420 g/mol. The van der Waals surface area contributed by atoms with Crippen molar-refractivity contribution in [3.8, 4) is 0 Å². The molecule has 10 heteroatoms. The highest BCUT2D eigenvalue weighted by Gasteiger charge is 2.48. The number of halogens is 4. The number of alkyl halides is 3. The van der Waals surface area contributed by atoms with E-state index in [0.717, 1.165) is 29.9 Å². The molecule has 0 spiro atoms. The van der Waals surface area contributed by atoms with Crippen molar-refractivity contribution in [2.75, 3.05) is 11.9 Å². The number of imide groups is 1. The molecule has 1 aliphatic heterocycles. The van der Waals surface area contributed by atoms with Gasteiger partial charge in [0.2, 0.25) is 17.7 Å². The number of hydrogen-bond donors (Lipinski definition) is 2. The van der Waals surface area contributed by atoms with E-state index in [1.165, 1.54) is 6.07 Å². The number of fused-ring (bicyclic) bond motifs is 1. The molecule has 2 unspecified atom stereocenters. The van der Waals surface area contributed by atoms with Gasteiger partial charge in [0.05, 0.1) is 17.4 Å². The van der Waals surface area contributed by atoms with Crippen molar-refractivity contribution < 1.29 is 27.6 Å². The summed E-state index contributed by atoms with van der Waals surface area (Å²) >= 11 is 0. The predicted molar refractivity (Wildman–Crippen MR) is 97.4 cm³/mol. The fourth-order valence-corrected chi connectivity index (χ4v) is 3.78. The molecule has 3 rings (SSSR count). The first-order chi connectivity index (χ1) is 12.7. The molecule has 1 aromatic rings. The zero-order chi connectivity index (χ0) is 19.8. The summed E-state index contributed by atoms with van der Waals surface area (Å²) in [6, 6.07) is 3.04. The van der Waals surface area contributed by atoms with Crippen LogP contribution < -0.4 is 11.1 Å². The van der Waals surface area contributed by atoms with E-state index in [1.54, 1.807) is 0 Å². The van der Waals surface area contributed by atoms with Gasteiger partial charge in [-0.3, -0.25) is 19.3 Å². The summed E-state index contributed by atoms with van der Waals surface area (Å²) in [4.78, 5) is 37.9. The van der Waals surface area contributed by atoms with E-state index >= 15 is 0 Å². The van der Waals surface area contributed by atoms with Crippen LogP contribution >= 0.6 is 12.4 Å². The van der Waals surface area contributed by atoms with Gasteiger partial charge in [0.25, 0.3) is 0 Å². The number of carbonyl (C=O) groups excluding carboxylic acids is 3. The van der Waals surface area contributed by atoms with Crippen LogP contribution in [-0.2, 0) is 27.1 Å². The smallest absolute Gasteiger partial charge is 0.326 e. The van der Waals surface area contributed by atoms with Gasteiger partial charge in [0.15, 0.2) is 0 Å². The van der Waals surface area contributed by atoms with Crippen LogP contribution in [0.4, 0.5) is 18.9 Å². The third-order valence-corrected chi connectivity index (χ3v) is 5.07. The van der Waals surface area contributed by atoms with E-state index in [0.29, 0.717) is 12.8 Å². The molecule has 2 fully saturated rings. The lowest BCUT2D eigenvalue weighted by Crippen LogP contribution is -2.38. The van der Waals surface area contributed by atoms with Crippen molar-refractivity contribution in [3.63, 3.8) is 0 Å². The number of carbonyl (C=O) groups is 3. The summed E-state index contributed by atoms with van der Waals surface area (Å²) in [5.41, 5.74) is 4.62. The Hall–Kier alpha value is -2.13. The molecule has 1 saturated heterocycles. The Morgan fingerprint density at radius 3 is 2.18 bits per heavy atom. The molecule has 1 aliphatic carbocycles. The molecule has 1 aromatic carbocycles. The Bertz CT molecular complexity index is 761. The molecule has 2 aliphatic rings. The van der Waals surface area contributed by atoms with Crippen molar-refractivity contribution in [1.29, 1.82) is 0 Å². The number of nitrogens with one attached hydrogen (secondary N) is 1. The van der Waals surface area contributed by atoms with Gasteiger partial charge in [-0.2, -0.15) is 13.2 Å². The minimum Gasteiger partial charge on any atom is -0.326 e. The SMILES string of the molecule is Cl.NCc1cc(NC(=O)CN2C(=O)C3CCCCC3C2=O)cc(C(F)(F)F)c1. The fraction of sp³-hybridized carbons (Fsp3) is 0.500. The number of amides is 3. The van der Waals surface area contributed by atoms with Crippen LogP contribution in [-0.4, -0.2) is 29.2 Å². The molecular formula is C18H21ClF3N3O3. The quantitative estimate of drug-likeness (QED) is 0.734. The molecule has 2 atom stereocenters. The largest absolute Gasteiger partial charge is 0.416 e. The van der Waals surface area contributed by atoms with Gasteiger partial charge in [-0.05, 0) is 36.6 Å². The van der Waals surface area contributed by atoms with E-state index in [1.807, 2.05) is 0 Å². The Kier molecular flexibility index (Phi) is 6.71. The van der Waals surface area contributed by atoms with Crippen molar-refractivity contribution in [1.82, 2.24) is 4.90 Å². The Labute approximate surface area is 166 Å². The second kappa shape index (κ2) is 8.48. The van der Waals surface area contributed by atoms with Crippen LogP contribution in [0.1, 0.15) is 36.8 Å². The fourth-order valence-electron chi connectivity index (χ4n) is 3.78. The first-order valence-corrected chi connectivity index (χ1v) is 8.77. The summed E-state index contributed by atoms with van der Waals surface area (Å²) in [7, 11) is 0. The van der Waals surface area contributed by atoms with Gasteiger partial charge < -0.3 is 11.1 Å². The molecule has 0 radical (unpaired) electrons. The lowest BCUT2D eigenvalue weighted by molar-refractivity contribution is -0.142. The van der Waals surface area contributed by atoms with Crippen LogP contribution in [0.15, 0.2) is 18.2 Å². The molecule has 1 heterocycles. The summed E-state index contributed by atoms with van der Waals surface area (Å²) < 4.78 is 38.9. The van der Waals surface area contributed by atoms with E-state index in [4.69, 9.17) is 5.73 Å². The number of rotatable bonds is 4. The van der Waals surface area contributed by atoms with Gasteiger partial charge in [0.1, 0.15) is 6.54 Å².